The van der Waals surface area contributed by atoms with Gasteiger partial charge in [-0.25, -0.2) is 0 Å². The van der Waals surface area contributed by atoms with E-state index in [4.69, 9.17) is 9.84 Å². The highest BCUT2D eigenvalue weighted by Gasteiger charge is 2.43. The first-order valence-electron chi connectivity index (χ1n) is 7.53. The third-order valence-electron chi connectivity index (χ3n) is 3.99. The zero-order valence-corrected chi connectivity index (χ0v) is 12.5. The van der Waals surface area contributed by atoms with Crippen LogP contribution in [0, 0.1) is 0 Å². The van der Waals surface area contributed by atoms with Crippen LogP contribution in [-0.4, -0.2) is 87.5 Å². The third kappa shape index (κ3) is 4.14. The molecule has 2 amide bonds. The average Bonchev–Trinajstić information content (AvgIpc) is 2.84. The predicted molar refractivity (Wildman–Crippen MR) is 76.9 cm³/mol. The van der Waals surface area contributed by atoms with Gasteiger partial charge in [0.25, 0.3) is 11.8 Å². The van der Waals surface area contributed by atoms with Crippen molar-refractivity contribution in [1.82, 2.24) is 10.2 Å². The molecule has 0 aromatic rings. The Bertz CT molecular complexity index is 452. The summed E-state index contributed by atoms with van der Waals surface area (Å²) < 4.78 is 5.02. The summed E-state index contributed by atoms with van der Waals surface area (Å²) in [5, 5.41) is 41.3. The first-order chi connectivity index (χ1) is 11.0. The van der Waals surface area contributed by atoms with Gasteiger partial charge >= 0.3 is 0 Å². The monoisotopic (exact) mass is 330 g/mol. The number of amides is 2. The molecule has 0 aliphatic carbocycles. The minimum atomic E-state index is -1.35. The molecule has 9 heteroatoms. The SMILES string of the molecule is O=C1C=CC(=O)N1CCCCNC1C(O)OC(CO)C(O)C1O. The number of imide groups is 1. The number of nitrogens with zero attached hydrogens (tertiary/aromatic N) is 1. The molecule has 0 aromatic carbocycles. The van der Waals surface area contributed by atoms with Gasteiger partial charge in [-0.05, 0) is 19.4 Å². The molecule has 23 heavy (non-hydrogen) atoms. The number of hydrogen-bond acceptors (Lipinski definition) is 8. The van der Waals surface area contributed by atoms with Gasteiger partial charge in [-0.1, -0.05) is 0 Å². The van der Waals surface area contributed by atoms with Crippen molar-refractivity contribution < 1.29 is 34.8 Å². The molecular weight excluding hydrogens is 308 g/mol. The smallest absolute Gasteiger partial charge is 0.253 e. The Morgan fingerprint density at radius 3 is 2.35 bits per heavy atom. The maximum Gasteiger partial charge on any atom is 0.253 e. The Hall–Kier alpha value is -1.36. The normalized spacial score (nSPS) is 34.4. The fraction of sp³-hybridized carbons (Fsp3) is 0.714. The molecule has 0 bridgehead atoms. The molecule has 0 radical (unpaired) electrons. The maximum absolute atomic E-state index is 11.3. The van der Waals surface area contributed by atoms with Crippen LogP contribution in [0.25, 0.3) is 0 Å². The largest absolute Gasteiger partial charge is 0.394 e. The molecular formula is C14H22N2O7. The van der Waals surface area contributed by atoms with E-state index in [0.717, 1.165) is 4.90 Å². The number of carbonyl (C=O) groups excluding carboxylic acids is 2. The van der Waals surface area contributed by atoms with Crippen LogP contribution in [0.1, 0.15) is 12.8 Å². The average molecular weight is 330 g/mol. The van der Waals surface area contributed by atoms with Crippen LogP contribution in [0.4, 0.5) is 0 Å². The van der Waals surface area contributed by atoms with Gasteiger partial charge < -0.3 is 30.5 Å². The molecule has 5 N–H and O–H groups in total. The Morgan fingerprint density at radius 1 is 1.09 bits per heavy atom. The van der Waals surface area contributed by atoms with Crippen molar-refractivity contribution in [2.75, 3.05) is 19.7 Å². The van der Waals surface area contributed by atoms with Gasteiger partial charge in [0, 0.05) is 18.7 Å². The van der Waals surface area contributed by atoms with E-state index in [1.807, 2.05) is 0 Å². The highest BCUT2D eigenvalue weighted by atomic mass is 16.6. The van der Waals surface area contributed by atoms with Crippen molar-refractivity contribution in [2.24, 2.45) is 0 Å². The lowest BCUT2D eigenvalue weighted by molar-refractivity contribution is -0.254. The second-order valence-corrected chi connectivity index (χ2v) is 5.58. The van der Waals surface area contributed by atoms with Crippen LogP contribution in [0.5, 0.6) is 0 Å². The molecule has 2 aliphatic heterocycles. The molecule has 5 unspecified atom stereocenters. The van der Waals surface area contributed by atoms with Gasteiger partial charge in [0.15, 0.2) is 6.29 Å². The molecule has 1 fully saturated rings. The van der Waals surface area contributed by atoms with E-state index in [1.54, 1.807) is 0 Å². The van der Waals surface area contributed by atoms with Crippen molar-refractivity contribution in [2.45, 2.75) is 43.5 Å². The Balaban J connectivity index is 1.69. The topological polar surface area (TPSA) is 140 Å². The highest BCUT2D eigenvalue weighted by molar-refractivity contribution is 6.12. The van der Waals surface area contributed by atoms with Gasteiger partial charge in [0.05, 0.1) is 12.6 Å². The van der Waals surface area contributed by atoms with Crippen LogP contribution in [0.3, 0.4) is 0 Å². The first kappa shape index (κ1) is 18.0. The lowest BCUT2D eigenvalue weighted by Crippen LogP contribution is -2.63. The summed E-state index contributed by atoms with van der Waals surface area (Å²) in [4.78, 5) is 23.8. The minimum Gasteiger partial charge on any atom is -0.394 e. The number of hydrogen-bond donors (Lipinski definition) is 5. The summed E-state index contributed by atoms with van der Waals surface area (Å²) in [5.41, 5.74) is 0. The van der Waals surface area contributed by atoms with Crippen molar-refractivity contribution in [1.29, 1.82) is 0 Å². The number of aliphatic hydroxyl groups is 4. The zero-order chi connectivity index (χ0) is 17.0. The molecule has 130 valence electrons. The van der Waals surface area contributed by atoms with Gasteiger partial charge in [0.2, 0.25) is 0 Å². The van der Waals surface area contributed by atoms with Crippen LogP contribution < -0.4 is 5.32 Å². The van der Waals surface area contributed by atoms with E-state index in [1.165, 1.54) is 12.2 Å². The van der Waals surface area contributed by atoms with Crippen molar-refractivity contribution in [3.8, 4) is 0 Å². The molecule has 9 nitrogen and oxygen atoms in total. The summed E-state index contributed by atoms with van der Waals surface area (Å²) in [6.07, 6.45) is -1.35. The summed E-state index contributed by atoms with van der Waals surface area (Å²) in [6, 6.07) is -0.885. The van der Waals surface area contributed by atoms with Crippen molar-refractivity contribution in [3.05, 3.63) is 12.2 Å². The number of carbonyl (C=O) groups is 2. The van der Waals surface area contributed by atoms with Crippen LogP contribution >= 0.6 is 0 Å². The van der Waals surface area contributed by atoms with E-state index in [9.17, 15) is 24.9 Å². The molecule has 5 atom stereocenters. The Morgan fingerprint density at radius 2 is 1.74 bits per heavy atom. The van der Waals surface area contributed by atoms with Gasteiger partial charge in [-0.3, -0.25) is 14.5 Å². The molecule has 0 saturated carbocycles. The van der Waals surface area contributed by atoms with Crippen molar-refractivity contribution in [3.63, 3.8) is 0 Å². The summed E-state index contributed by atoms with van der Waals surface area (Å²) in [7, 11) is 0. The lowest BCUT2D eigenvalue weighted by atomic mass is 9.97. The van der Waals surface area contributed by atoms with Gasteiger partial charge in [-0.2, -0.15) is 0 Å². The van der Waals surface area contributed by atoms with Crippen LogP contribution in [0.2, 0.25) is 0 Å². The van der Waals surface area contributed by atoms with E-state index in [2.05, 4.69) is 5.32 Å². The number of aliphatic hydroxyl groups excluding tert-OH is 4. The van der Waals surface area contributed by atoms with Gasteiger partial charge in [-0.15, -0.1) is 0 Å². The molecule has 2 rings (SSSR count). The molecule has 0 spiro atoms. The summed E-state index contributed by atoms with van der Waals surface area (Å²) in [6.45, 7) is 0.185. The Labute approximate surface area is 133 Å². The predicted octanol–water partition coefficient (Wildman–Crippen LogP) is -2.92. The zero-order valence-electron chi connectivity index (χ0n) is 12.5. The maximum atomic E-state index is 11.3. The van der Waals surface area contributed by atoms with Gasteiger partial charge in [0.1, 0.15) is 18.3 Å². The van der Waals surface area contributed by atoms with E-state index in [0.29, 0.717) is 25.9 Å². The van der Waals surface area contributed by atoms with Crippen LogP contribution in [-0.2, 0) is 14.3 Å². The van der Waals surface area contributed by atoms with Crippen molar-refractivity contribution >= 4 is 11.8 Å². The standard InChI is InChI=1S/C14H22N2O7/c17-7-8-12(20)13(21)11(14(22)23-8)15-5-1-2-6-16-9(18)3-4-10(16)19/h3-4,8,11-15,17,20-22H,1-2,5-7H2. The third-order valence-corrected chi connectivity index (χ3v) is 3.99. The Kier molecular flexibility index (Phi) is 6.22. The first-order valence-corrected chi connectivity index (χ1v) is 7.53. The molecule has 2 heterocycles. The second kappa shape index (κ2) is 7.95. The number of rotatable bonds is 7. The fourth-order valence-corrected chi connectivity index (χ4v) is 2.63. The molecule has 2 aliphatic rings. The quantitative estimate of drug-likeness (QED) is 0.247. The number of unbranched alkanes of at least 4 members (excludes halogenated alkanes) is 1. The fourth-order valence-electron chi connectivity index (χ4n) is 2.63. The second-order valence-electron chi connectivity index (χ2n) is 5.58. The summed E-state index contributed by atoms with van der Waals surface area (Å²) in [5.74, 6) is -0.652. The summed E-state index contributed by atoms with van der Waals surface area (Å²) >= 11 is 0. The molecule has 0 aromatic heterocycles. The molecule has 1 saturated heterocycles. The van der Waals surface area contributed by atoms with E-state index in [-0.39, 0.29) is 11.8 Å². The van der Waals surface area contributed by atoms with E-state index < -0.39 is 37.3 Å². The highest BCUT2D eigenvalue weighted by Crippen LogP contribution is 2.19. The minimum absolute atomic E-state index is 0.299. The van der Waals surface area contributed by atoms with Crippen LogP contribution in [0.15, 0.2) is 12.2 Å². The number of nitrogens with one attached hydrogen (secondary N) is 1. The lowest BCUT2D eigenvalue weighted by Gasteiger charge is -2.40. The van der Waals surface area contributed by atoms with E-state index >= 15 is 0 Å². The number of ether oxygens (including phenoxy) is 1.